The van der Waals surface area contributed by atoms with Gasteiger partial charge in [0.05, 0.1) is 6.04 Å². The second kappa shape index (κ2) is 4.60. The Balaban J connectivity index is 1.98. The Labute approximate surface area is 111 Å². The molecule has 1 amide bonds. The number of carbonyl (C=O) groups is 1. The summed E-state index contributed by atoms with van der Waals surface area (Å²) in [7, 11) is 0. The zero-order chi connectivity index (χ0) is 14.2. The fourth-order valence-corrected chi connectivity index (χ4v) is 1.91. The number of hydrogen-bond donors (Lipinski definition) is 1. The molecule has 1 aliphatic rings. The number of nitrogen functional groups attached to an aromatic ring is 1. The SMILES string of the molecule is CC(C)(C)OC(=O)N1CC(n2cc(N)ccc2=O)C1. The molecule has 2 heterocycles. The Morgan fingerprint density at radius 3 is 2.58 bits per heavy atom. The first-order valence-electron chi connectivity index (χ1n) is 6.22. The van der Waals surface area contributed by atoms with Crippen LogP contribution in [0.4, 0.5) is 10.5 Å². The first kappa shape index (κ1) is 13.5. The van der Waals surface area contributed by atoms with E-state index in [-0.39, 0.29) is 17.7 Å². The molecular weight excluding hydrogens is 246 g/mol. The first-order chi connectivity index (χ1) is 8.76. The molecule has 0 aromatic carbocycles. The highest BCUT2D eigenvalue weighted by molar-refractivity contribution is 5.69. The van der Waals surface area contributed by atoms with Crippen LogP contribution in [0.2, 0.25) is 0 Å². The molecule has 0 spiro atoms. The zero-order valence-corrected chi connectivity index (χ0v) is 11.4. The predicted molar refractivity (Wildman–Crippen MR) is 72.0 cm³/mol. The highest BCUT2D eigenvalue weighted by Crippen LogP contribution is 2.22. The maximum atomic E-state index is 11.8. The van der Waals surface area contributed by atoms with E-state index in [9.17, 15) is 9.59 Å². The number of nitrogens with zero attached hydrogens (tertiary/aromatic N) is 2. The molecule has 0 saturated carbocycles. The number of aromatic nitrogens is 1. The summed E-state index contributed by atoms with van der Waals surface area (Å²) in [4.78, 5) is 25.0. The van der Waals surface area contributed by atoms with Crippen molar-refractivity contribution in [2.45, 2.75) is 32.4 Å². The molecule has 6 heteroatoms. The molecule has 1 aromatic heterocycles. The van der Waals surface area contributed by atoms with Gasteiger partial charge >= 0.3 is 6.09 Å². The molecule has 1 aliphatic heterocycles. The van der Waals surface area contributed by atoms with Gasteiger partial charge in [0.1, 0.15) is 5.60 Å². The van der Waals surface area contributed by atoms with Crippen LogP contribution in [0.1, 0.15) is 26.8 Å². The van der Waals surface area contributed by atoms with Crippen molar-refractivity contribution in [3.05, 3.63) is 28.7 Å². The summed E-state index contributed by atoms with van der Waals surface area (Å²) in [5, 5.41) is 0. The quantitative estimate of drug-likeness (QED) is 0.828. The number of carbonyl (C=O) groups excluding carboxylic acids is 1. The summed E-state index contributed by atoms with van der Waals surface area (Å²) in [5.41, 5.74) is 5.58. The smallest absolute Gasteiger partial charge is 0.410 e. The van der Waals surface area contributed by atoms with Crippen molar-refractivity contribution < 1.29 is 9.53 Å². The molecule has 19 heavy (non-hydrogen) atoms. The van der Waals surface area contributed by atoms with Gasteiger partial charge in [0, 0.05) is 31.0 Å². The number of pyridine rings is 1. The third-order valence-corrected chi connectivity index (χ3v) is 2.87. The van der Waals surface area contributed by atoms with Crippen LogP contribution in [-0.4, -0.2) is 34.3 Å². The van der Waals surface area contributed by atoms with Crippen LogP contribution >= 0.6 is 0 Å². The Hall–Kier alpha value is -1.98. The summed E-state index contributed by atoms with van der Waals surface area (Å²) in [6.45, 7) is 6.41. The lowest BCUT2D eigenvalue weighted by atomic mass is 10.1. The molecular formula is C13H19N3O3. The van der Waals surface area contributed by atoms with E-state index in [1.807, 2.05) is 20.8 Å². The van der Waals surface area contributed by atoms with Crippen LogP contribution in [0.25, 0.3) is 0 Å². The average molecular weight is 265 g/mol. The summed E-state index contributed by atoms with van der Waals surface area (Å²) in [6.07, 6.45) is 1.26. The van der Waals surface area contributed by atoms with E-state index < -0.39 is 5.60 Å². The van der Waals surface area contributed by atoms with Gasteiger partial charge in [-0.15, -0.1) is 0 Å². The third kappa shape index (κ3) is 3.07. The van der Waals surface area contributed by atoms with Crippen LogP contribution in [0.3, 0.4) is 0 Å². The minimum absolute atomic E-state index is 0.0245. The van der Waals surface area contributed by atoms with E-state index in [2.05, 4.69) is 0 Å². The molecule has 1 saturated heterocycles. The summed E-state index contributed by atoms with van der Waals surface area (Å²) in [6, 6.07) is 2.98. The van der Waals surface area contributed by atoms with Gasteiger partial charge < -0.3 is 19.9 Å². The number of hydrogen-bond acceptors (Lipinski definition) is 4. The number of anilines is 1. The number of nitrogens with two attached hydrogens (primary N) is 1. The van der Waals surface area contributed by atoms with Crippen LogP contribution in [-0.2, 0) is 4.74 Å². The number of likely N-dealkylation sites (tertiary alicyclic amines) is 1. The molecule has 1 aromatic rings. The van der Waals surface area contributed by atoms with Crippen molar-refractivity contribution in [2.24, 2.45) is 0 Å². The maximum Gasteiger partial charge on any atom is 0.410 e. The van der Waals surface area contributed by atoms with Crippen LogP contribution in [0.5, 0.6) is 0 Å². The zero-order valence-electron chi connectivity index (χ0n) is 11.4. The summed E-state index contributed by atoms with van der Waals surface area (Å²) < 4.78 is 6.82. The lowest BCUT2D eigenvalue weighted by Crippen LogP contribution is -2.53. The molecule has 0 aliphatic carbocycles. The van der Waals surface area contributed by atoms with Gasteiger partial charge in [-0.05, 0) is 26.8 Å². The Morgan fingerprint density at radius 1 is 1.37 bits per heavy atom. The molecule has 104 valence electrons. The Morgan fingerprint density at radius 2 is 2.00 bits per heavy atom. The lowest BCUT2D eigenvalue weighted by Gasteiger charge is -2.40. The van der Waals surface area contributed by atoms with Gasteiger partial charge in [-0.1, -0.05) is 0 Å². The number of amides is 1. The molecule has 0 unspecified atom stereocenters. The number of rotatable bonds is 1. The van der Waals surface area contributed by atoms with Crippen LogP contribution < -0.4 is 11.3 Å². The number of ether oxygens (including phenoxy) is 1. The van der Waals surface area contributed by atoms with Gasteiger partial charge in [-0.25, -0.2) is 4.79 Å². The standard InChI is InChI=1S/C13H19N3O3/c1-13(2,3)19-12(18)15-7-10(8-15)16-6-9(14)4-5-11(16)17/h4-6,10H,7-8,14H2,1-3H3. The fraction of sp³-hybridized carbons (Fsp3) is 0.538. The van der Waals surface area contributed by atoms with Crippen LogP contribution in [0.15, 0.2) is 23.1 Å². The predicted octanol–water partition coefficient (Wildman–Crippen LogP) is 1.22. The monoisotopic (exact) mass is 265 g/mol. The second-order valence-electron chi connectivity index (χ2n) is 5.75. The maximum absolute atomic E-state index is 11.8. The normalized spacial score (nSPS) is 16.1. The first-order valence-corrected chi connectivity index (χ1v) is 6.22. The minimum Gasteiger partial charge on any atom is -0.444 e. The second-order valence-corrected chi connectivity index (χ2v) is 5.75. The van der Waals surface area contributed by atoms with Crippen molar-refractivity contribution >= 4 is 11.8 Å². The summed E-state index contributed by atoms with van der Waals surface area (Å²) in [5.74, 6) is 0. The largest absolute Gasteiger partial charge is 0.444 e. The van der Waals surface area contributed by atoms with Crippen molar-refractivity contribution in [3.8, 4) is 0 Å². The van der Waals surface area contributed by atoms with Crippen molar-refractivity contribution in [3.63, 3.8) is 0 Å². The van der Waals surface area contributed by atoms with E-state index in [4.69, 9.17) is 10.5 Å². The molecule has 2 N–H and O–H groups in total. The van der Waals surface area contributed by atoms with Gasteiger partial charge in [0.2, 0.25) is 0 Å². The van der Waals surface area contributed by atoms with Crippen LogP contribution in [0, 0.1) is 0 Å². The molecule has 0 bridgehead atoms. The van der Waals surface area contributed by atoms with E-state index >= 15 is 0 Å². The van der Waals surface area contributed by atoms with Crippen molar-refractivity contribution in [1.29, 1.82) is 0 Å². The molecule has 6 nitrogen and oxygen atoms in total. The highest BCUT2D eigenvalue weighted by atomic mass is 16.6. The minimum atomic E-state index is -0.504. The Bertz CT molecular complexity index is 539. The lowest BCUT2D eigenvalue weighted by molar-refractivity contribution is 0.000687. The molecule has 0 atom stereocenters. The van der Waals surface area contributed by atoms with Crippen molar-refractivity contribution in [1.82, 2.24) is 9.47 Å². The average Bonchev–Trinajstić information content (AvgIpc) is 2.18. The van der Waals surface area contributed by atoms with Crippen molar-refractivity contribution in [2.75, 3.05) is 18.8 Å². The van der Waals surface area contributed by atoms with Gasteiger partial charge in [-0.3, -0.25) is 4.79 Å². The van der Waals surface area contributed by atoms with Gasteiger partial charge in [0.15, 0.2) is 0 Å². The van der Waals surface area contributed by atoms with E-state index in [0.29, 0.717) is 18.8 Å². The molecule has 2 rings (SSSR count). The van der Waals surface area contributed by atoms with E-state index in [0.717, 1.165) is 0 Å². The topological polar surface area (TPSA) is 77.6 Å². The summed E-state index contributed by atoms with van der Waals surface area (Å²) >= 11 is 0. The third-order valence-electron chi connectivity index (χ3n) is 2.87. The van der Waals surface area contributed by atoms with E-state index in [1.54, 1.807) is 21.7 Å². The van der Waals surface area contributed by atoms with Gasteiger partial charge in [0.25, 0.3) is 5.56 Å². The highest BCUT2D eigenvalue weighted by Gasteiger charge is 2.35. The Kier molecular flexibility index (Phi) is 3.26. The van der Waals surface area contributed by atoms with Gasteiger partial charge in [-0.2, -0.15) is 0 Å². The molecule has 0 radical (unpaired) electrons. The molecule has 1 fully saturated rings. The fourth-order valence-electron chi connectivity index (χ4n) is 1.91. The van der Waals surface area contributed by atoms with E-state index in [1.165, 1.54) is 6.07 Å².